The molecule has 0 aliphatic heterocycles. The molecule has 2 rings (SSSR count). The van der Waals surface area contributed by atoms with Crippen LogP contribution < -0.4 is 0 Å². The molecular formula is C13H10F2O. The molecule has 2 aromatic carbocycles. The lowest BCUT2D eigenvalue weighted by molar-refractivity contribution is 0.281. The predicted molar refractivity (Wildman–Crippen MR) is 57.7 cm³/mol. The van der Waals surface area contributed by atoms with Gasteiger partial charge in [0.25, 0.3) is 0 Å². The summed E-state index contributed by atoms with van der Waals surface area (Å²) < 4.78 is 26.3. The molecule has 3 heteroatoms. The summed E-state index contributed by atoms with van der Waals surface area (Å²) in [6.07, 6.45) is 0. The molecule has 0 saturated heterocycles. The van der Waals surface area contributed by atoms with Crippen LogP contribution in [0.15, 0.2) is 42.5 Å². The third kappa shape index (κ3) is 2.09. The molecule has 0 radical (unpaired) electrons. The minimum Gasteiger partial charge on any atom is -0.392 e. The van der Waals surface area contributed by atoms with Crippen LogP contribution in [0.5, 0.6) is 0 Å². The Morgan fingerprint density at radius 2 is 1.62 bits per heavy atom. The largest absolute Gasteiger partial charge is 0.392 e. The number of hydrogen-bond acceptors (Lipinski definition) is 1. The quantitative estimate of drug-likeness (QED) is 0.824. The summed E-state index contributed by atoms with van der Waals surface area (Å²) >= 11 is 0. The first kappa shape index (κ1) is 10.8. The lowest BCUT2D eigenvalue weighted by atomic mass is 10.0. The van der Waals surface area contributed by atoms with E-state index >= 15 is 0 Å². The molecule has 0 fully saturated rings. The number of hydrogen-bond donors (Lipinski definition) is 1. The van der Waals surface area contributed by atoms with Gasteiger partial charge in [-0.05, 0) is 29.3 Å². The van der Waals surface area contributed by atoms with Crippen molar-refractivity contribution >= 4 is 0 Å². The van der Waals surface area contributed by atoms with Crippen molar-refractivity contribution in [1.29, 1.82) is 0 Å². The van der Waals surface area contributed by atoms with E-state index in [1.807, 2.05) is 0 Å². The monoisotopic (exact) mass is 220 g/mol. The van der Waals surface area contributed by atoms with Crippen LogP contribution in [0, 0.1) is 11.6 Å². The Labute approximate surface area is 92.0 Å². The van der Waals surface area contributed by atoms with E-state index in [2.05, 4.69) is 0 Å². The van der Waals surface area contributed by atoms with Gasteiger partial charge in [0.05, 0.1) is 6.61 Å². The number of aliphatic hydroxyl groups is 1. The van der Waals surface area contributed by atoms with Crippen molar-refractivity contribution in [1.82, 2.24) is 0 Å². The normalized spacial score (nSPS) is 10.4. The van der Waals surface area contributed by atoms with E-state index in [9.17, 15) is 8.78 Å². The second-order valence-corrected chi connectivity index (χ2v) is 3.48. The maximum absolute atomic E-state index is 13.6. The molecule has 0 unspecified atom stereocenters. The van der Waals surface area contributed by atoms with E-state index in [-0.39, 0.29) is 12.4 Å². The third-order valence-corrected chi connectivity index (χ3v) is 2.37. The highest BCUT2D eigenvalue weighted by atomic mass is 19.1. The molecule has 82 valence electrons. The number of benzene rings is 2. The second kappa shape index (κ2) is 4.41. The van der Waals surface area contributed by atoms with Crippen molar-refractivity contribution in [2.45, 2.75) is 6.61 Å². The topological polar surface area (TPSA) is 20.2 Å². The van der Waals surface area contributed by atoms with E-state index in [1.54, 1.807) is 12.1 Å². The van der Waals surface area contributed by atoms with E-state index in [4.69, 9.17) is 5.11 Å². The molecule has 0 aliphatic carbocycles. The van der Waals surface area contributed by atoms with Gasteiger partial charge in [-0.15, -0.1) is 0 Å². The first-order valence-corrected chi connectivity index (χ1v) is 4.86. The Morgan fingerprint density at radius 1 is 0.938 bits per heavy atom. The first-order chi connectivity index (χ1) is 7.70. The van der Waals surface area contributed by atoms with E-state index in [0.29, 0.717) is 16.7 Å². The first-order valence-electron chi connectivity index (χ1n) is 4.86. The minimum atomic E-state index is -0.418. The molecule has 0 heterocycles. The number of rotatable bonds is 2. The fourth-order valence-electron chi connectivity index (χ4n) is 1.52. The van der Waals surface area contributed by atoms with Gasteiger partial charge in [-0.25, -0.2) is 8.78 Å². The van der Waals surface area contributed by atoms with Crippen LogP contribution >= 0.6 is 0 Å². The maximum Gasteiger partial charge on any atom is 0.131 e. The van der Waals surface area contributed by atoms with Crippen molar-refractivity contribution in [2.75, 3.05) is 0 Å². The average molecular weight is 220 g/mol. The van der Waals surface area contributed by atoms with Crippen molar-refractivity contribution in [3.63, 3.8) is 0 Å². The van der Waals surface area contributed by atoms with Crippen LogP contribution in [0.3, 0.4) is 0 Å². The molecule has 1 N–H and O–H groups in total. The molecule has 0 bridgehead atoms. The van der Waals surface area contributed by atoms with Gasteiger partial charge in [0.2, 0.25) is 0 Å². The van der Waals surface area contributed by atoms with E-state index in [1.165, 1.54) is 30.3 Å². The summed E-state index contributed by atoms with van der Waals surface area (Å²) in [7, 11) is 0. The molecular weight excluding hydrogens is 210 g/mol. The second-order valence-electron chi connectivity index (χ2n) is 3.48. The van der Waals surface area contributed by atoms with Gasteiger partial charge in [-0.1, -0.05) is 24.3 Å². The maximum atomic E-state index is 13.6. The van der Waals surface area contributed by atoms with Crippen molar-refractivity contribution in [3.8, 4) is 11.1 Å². The molecule has 0 spiro atoms. The van der Waals surface area contributed by atoms with E-state index in [0.717, 1.165) is 0 Å². The molecule has 0 saturated carbocycles. The number of halogens is 2. The Bertz CT molecular complexity index is 492. The average Bonchev–Trinajstić information content (AvgIpc) is 2.30. The summed E-state index contributed by atoms with van der Waals surface area (Å²) in [4.78, 5) is 0. The Morgan fingerprint density at radius 3 is 2.19 bits per heavy atom. The summed E-state index contributed by atoms with van der Waals surface area (Å²) in [5.41, 5.74) is 1.53. The zero-order valence-electron chi connectivity index (χ0n) is 8.45. The van der Waals surface area contributed by atoms with Crippen LogP contribution in [0.2, 0.25) is 0 Å². The molecule has 1 nitrogen and oxygen atoms in total. The summed E-state index contributed by atoms with van der Waals surface area (Å²) in [6, 6.07) is 10.1. The van der Waals surface area contributed by atoms with Gasteiger partial charge < -0.3 is 5.11 Å². The van der Waals surface area contributed by atoms with Gasteiger partial charge in [-0.2, -0.15) is 0 Å². The Hall–Kier alpha value is -1.74. The molecule has 0 aromatic heterocycles. The Kier molecular flexibility index (Phi) is 2.97. The SMILES string of the molecule is OCc1ccc(-c2ccc(F)cc2)c(F)c1. The lowest BCUT2D eigenvalue weighted by Gasteiger charge is -2.05. The van der Waals surface area contributed by atoms with Crippen molar-refractivity contribution in [2.24, 2.45) is 0 Å². The third-order valence-electron chi connectivity index (χ3n) is 2.37. The van der Waals surface area contributed by atoms with Gasteiger partial charge in [0, 0.05) is 5.56 Å². The highest BCUT2D eigenvalue weighted by molar-refractivity contribution is 5.64. The van der Waals surface area contributed by atoms with Crippen molar-refractivity contribution < 1.29 is 13.9 Å². The fraction of sp³-hybridized carbons (Fsp3) is 0.0769. The highest BCUT2D eigenvalue weighted by Crippen LogP contribution is 2.23. The number of aliphatic hydroxyl groups excluding tert-OH is 1. The molecule has 16 heavy (non-hydrogen) atoms. The lowest BCUT2D eigenvalue weighted by Crippen LogP contribution is -1.89. The van der Waals surface area contributed by atoms with Gasteiger partial charge in [-0.3, -0.25) is 0 Å². The highest BCUT2D eigenvalue weighted by Gasteiger charge is 2.05. The summed E-state index contributed by atoms with van der Waals surface area (Å²) in [6.45, 7) is -0.194. The zero-order chi connectivity index (χ0) is 11.5. The van der Waals surface area contributed by atoms with Crippen molar-refractivity contribution in [3.05, 3.63) is 59.7 Å². The van der Waals surface area contributed by atoms with Gasteiger partial charge in [0.15, 0.2) is 0 Å². The molecule has 2 aromatic rings. The zero-order valence-corrected chi connectivity index (χ0v) is 8.45. The smallest absolute Gasteiger partial charge is 0.131 e. The Balaban J connectivity index is 2.44. The van der Waals surface area contributed by atoms with Gasteiger partial charge in [0.1, 0.15) is 11.6 Å². The minimum absolute atomic E-state index is 0.194. The van der Waals surface area contributed by atoms with Gasteiger partial charge >= 0.3 is 0 Å². The molecule has 0 aliphatic rings. The summed E-state index contributed by atoms with van der Waals surface area (Å²) in [5, 5.41) is 8.84. The predicted octanol–water partition coefficient (Wildman–Crippen LogP) is 3.12. The molecule has 0 atom stereocenters. The standard InChI is InChI=1S/C13H10F2O/c14-11-4-2-10(3-5-11)12-6-1-9(8-16)7-13(12)15/h1-7,16H,8H2. The van der Waals surface area contributed by atoms with Crippen LogP contribution in [0.25, 0.3) is 11.1 Å². The van der Waals surface area contributed by atoms with Crippen LogP contribution in [0.1, 0.15) is 5.56 Å². The van der Waals surface area contributed by atoms with Crippen LogP contribution in [-0.4, -0.2) is 5.11 Å². The summed E-state index contributed by atoms with van der Waals surface area (Å²) in [5.74, 6) is -0.769. The molecule has 0 amide bonds. The fourth-order valence-corrected chi connectivity index (χ4v) is 1.52. The van der Waals surface area contributed by atoms with E-state index < -0.39 is 5.82 Å². The van der Waals surface area contributed by atoms with Crippen LogP contribution in [-0.2, 0) is 6.61 Å². The van der Waals surface area contributed by atoms with Crippen LogP contribution in [0.4, 0.5) is 8.78 Å².